The average Bonchev–Trinajstić information content (AvgIpc) is 2.89. The fourth-order valence-electron chi connectivity index (χ4n) is 5.10. The number of para-hydroxylation sites is 1. The maximum Gasteiger partial charge on any atom is 0.127 e. The lowest BCUT2D eigenvalue weighted by Gasteiger charge is -2.38. The molecule has 27 heavy (non-hydrogen) atoms. The van der Waals surface area contributed by atoms with Gasteiger partial charge in [0.15, 0.2) is 0 Å². The molecule has 0 aromatic heterocycles. The number of hydrogen-bond acceptors (Lipinski definition) is 3. The number of likely N-dealkylation sites (tertiary alicyclic amines) is 1. The van der Waals surface area contributed by atoms with E-state index in [-0.39, 0.29) is 5.41 Å². The van der Waals surface area contributed by atoms with Crippen molar-refractivity contribution in [3.8, 4) is 0 Å². The van der Waals surface area contributed by atoms with Crippen molar-refractivity contribution in [2.45, 2.75) is 77.3 Å². The van der Waals surface area contributed by atoms with Gasteiger partial charge in [0.25, 0.3) is 0 Å². The largest absolute Gasteiger partial charge is 0.293 e. The highest BCUT2D eigenvalue weighted by Crippen LogP contribution is 2.41. The lowest BCUT2D eigenvalue weighted by Crippen LogP contribution is -2.50. The van der Waals surface area contributed by atoms with Gasteiger partial charge in [0.2, 0.25) is 0 Å². The molecule has 1 saturated carbocycles. The highest BCUT2D eigenvalue weighted by molar-refractivity contribution is 7.80. The van der Waals surface area contributed by atoms with Gasteiger partial charge >= 0.3 is 0 Å². The summed E-state index contributed by atoms with van der Waals surface area (Å²) in [6.07, 6.45) is 10.4. The predicted octanol–water partition coefficient (Wildman–Crippen LogP) is 5.45. The molecule has 2 saturated heterocycles. The second kappa shape index (κ2) is 8.00. The molecule has 4 rings (SSSR count). The summed E-state index contributed by atoms with van der Waals surface area (Å²) in [6.45, 7) is 6.99. The monoisotopic (exact) mass is 383 g/mol. The fraction of sp³-hybridized carbons (Fsp3) is 0.652. The fourth-order valence-corrected chi connectivity index (χ4v) is 5.41. The first-order chi connectivity index (χ1) is 13.1. The second-order valence-electron chi connectivity index (χ2n) is 8.98. The Morgan fingerprint density at radius 2 is 1.56 bits per heavy atom. The molecule has 0 spiro atoms. The summed E-state index contributed by atoms with van der Waals surface area (Å²) in [5.74, 6) is 1.21. The molecule has 3 fully saturated rings. The number of thiocarbonyl (C=S) groups is 1. The molecule has 1 aromatic carbocycles. The van der Waals surface area contributed by atoms with Gasteiger partial charge in [0.1, 0.15) is 5.84 Å². The third kappa shape index (κ3) is 3.71. The van der Waals surface area contributed by atoms with Gasteiger partial charge < -0.3 is 0 Å². The number of benzene rings is 1. The van der Waals surface area contributed by atoms with Crippen molar-refractivity contribution in [3.05, 3.63) is 30.3 Å². The normalized spacial score (nSPS) is 28.8. The molecule has 1 aliphatic carbocycles. The first kappa shape index (κ1) is 19.1. The summed E-state index contributed by atoms with van der Waals surface area (Å²) in [6, 6.07) is 11.4. The number of hydrogen-bond donors (Lipinski definition) is 0. The van der Waals surface area contributed by atoms with Crippen LogP contribution < -0.4 is 4.90 Å². The average molecular weight is 384 g/mol. The van der Waals surface area contributed by atoms with Crippen LogP contribution >= 0.6 is 12.2 Å². The summed E-state index contributed by atoms with van der Waals surface area (Å²) >= 11 is 6.07. The zero-order chi connectivity index (χ0) is 18.9. The molecule has 0 unspecified atom stereocenters. The Bertz CT molecular complexity index is 685. The van der Waals surface area contributed by atoms with Crippen LogP contribution in [-0.4, -0.2) is 40.9 Å². The van der Waals surface area contributed by atoms with Gasteiger partial charge in [-0.3, -0.25) is 14.8 Å². The van der Waals surface area contributed by atoms with Gasteiger partial charge in [-0.25, -0.2) is 0 Å². The Balaban J connectivity index is 1.76. The minimum atomic E-state index is -0.0734. The SMILES string of the molecule is CC1(C)C(=S)N(c2ccccc2)C(=NC2CCCCC2)[C@@H]1N1CCCCC1. The van der Waals surface area contributed by atoms with E-state index < -0.39 is 0 Å². The van der Waals surface area contributed by atoms with E-state index in [0.717, 1.165) is 4.99 Å². The van der Waals surface area contributed by atoms with Crippen molar-refractivity contribution in [2.24, 2.45) is 10.4 Å². The van der Waals surface area contributed by atoms with Gasteiger partial charge in [0.05, 0.1) is 17.1 Å². The molecule has 0 N–H and O–H groups in total. The van der Waals surface area contributed by atoms with Gasteiger partial charge in [-0.15, -0.1) is 0 Å². The van der Waals surface area contributed by atoms with Crippen LogP contribution in [0.25, 0.3) is 0 Å². The molecule has 4 heteroatoms. The minimum Gasteiger partial charge on any atom is -0.293 e. The third-order valence-corrected chi connectivity index (χ3v) is 7.28. The molecule has 3 aliphatic rings. The van der Waals surface area contributed by atoms with Crippen LogP contribution in [0.4, 0.5) is 5.69 Å². The maximum absolute atomic E-state index is 6.07. The van der Waals surface area contributed by atoms with Gasteiger partial charge in [0, 0.05) is 11.1 Å². The van der Waals surface area contributed by atoms with Crippen molar-refractivity contribution in [1.82, 2.24) is 4.90 Å². The Labute approximate surface area is 169 Å². The zero-order valence-corrected chi connectivity index (χ0v) is 17.7. The molecule has 146 valence electrons. The lowest BCUT2D eigenvalue weighted by atomic mass is 9.85. The van der Waals surface area contributed by atoms with E-state index in [2.05, 4.69) is 54.0 Å². The van der Waals surface area contributed by atoms with Crippen molar-refractivity contribution >= 4 is 28.7 Å². The van der Waals surface area contributed by atoms with Crippen LogP contribution in [0.3, 0.4) is 0 Å². The minimum absolute atomic E-state index is 0.0734. The van der Waals surface area contributed by atoms with E-state index in [1.807, 2.05) is 0 Å². The van der Waals surface area contributed by atoms with Crippen molar-refractivity contribution in [1.29, 1.82) is 0 Å². The summed E-state index contributed by atoms with van der Waals surface area (Å²) in [4.78, 5) is 11.4. The van der Waals surface area contributed by atoms with Crippen LogP contribution in [0.15, 0.2) is 35.3 Å². The summed E-state index contributed by atoms with van der Waals surface area (Å²) < 4.78 is 0. The Morgan fingerprint density at radius 3 is 2.22 bits per heavy atom. The van der Waals surface area contributed by atoms with E-state index in [0.29, 0.717) is 12.1 Å². The van der Waals surface area contributed by atoms with E-state index in [4.69, 9.17) is 17.2 Å². The molecular weight excluding hydrogens is 350 g/mol. The first-order valence-corrected chi connectivity index (χ1v) is 11.2. The van der Waals surface area contributed by atoms with Crippen LogP contribution in [0.5, 0.6) is 0 Å². The molecule has 1 atom stereocenters. The quantitative estimate of drug-likeness (QED) is 0.647. The predicted molar refractivity (Wildman–Crippen MR) is 119 cm³/mol. The molecule has 3 nitrogen and oxygen atoms in total. The smallest absolute Gasteiger partial charge is 0.127 e. The third-order valence-electron chi connectivity index (χ3n) is 6.57. The molecule has 2 aliphatic heterocycles. The zero-order valence-electron chi connectivity index (χ0n) is 16.9. The van der Waals surface area contributed by atoms with E-state index in [1.54, 1.807) is 0 Å². The molecule has 2 heterocycles. The van der Waals surface area contributed by atoms with Crippen molar-refractivity contribution in [2.75, 3.05) is 18.0 Å². The first-order valence-electron chi connectivity index (χ1n) is 10.8. The Kier molecular flexibility index (Phi) is 5.65. The summed E-state index contributed by atoms with van der Waals surface area (Å²) in [5, 5.41) is 0. The number of amidine groups is 1. The van der Waals surface area contributed by atoms with Crippen LogP contribution in [0.1, 0.15) is 65.2 Å². The van der Waals surface area contributed by atoms with Gasteiger partial charge in [-0.05, 0) is 50.9 Å². The highest BCUT2D eigenvalue weighted by Gasteiger charge is 2.52. The highest BCUT2D eigenvalue weighted by atomic mass is 32.1. The second-order valence-corrected chi connectivity index (χ2v) is 9.36. The number of aliphatic imine (C=N–C) groups is 1. The van der Waals surface area contributed by atoms with Crippen LogP contribution in [-0.2, 0) is 0 Å². The van der Waals surface area contributed by atoms with E-state index in [1.165, 1.54) is 76.0 Å². The Morgan fingerprint density at radius 1 is 0.926 bits per heavy atom. The Hall–Kier alpha value is -1.26. The molecule has 0 radical (unpaired) electrons. The molecular formula is C23H33N3S. The molecule has 0 amide bonds. The maximum atomic E-state index is 6.07. The van der Waals surface area contributed by atoms with Crippen LogP contribution in [0, 0.1) is 5.41 Å². The lowest BCUT2D eigenvalue weighted by molar-refractivity contribution is 0.154. The summed E-state index contributed by atoms with van der Waals surface area (Å²) in [5.41, 5.74) is 1.10. The molecule has 1 aromatic rings. The molecule has 0 bridgehead atoms. The van der Waals surface area contributed by atoms with E-state index >= 15 is 0 Å². The number of nitrogens with zero attached hydrogens (tertiary/aromatic N) is 3. The van der Waals surface area contributed by atoms with E-state index in [9.17, 15) is 0 Å². The van der Waals surface area contributed by atoms with Crippen molar-refractivity contribution < 1.29 is 0 Å². The van der Waals surface area contributed by atoms with Crippen LogP contribution in [0.2, 0.25) is 0 Å². The number of piperidine rings is 1. The van der Waals surface area contributed by atoms with Crippen molar-refractivity contribution in [3.63, 3.8) is 0 Å². The van der Waals surface area contributed by atoms with Gasteiger partial charge in [-0.2, -0.15) is 0 Å². The van der Waals surface area contributed by atoms with Gasteiger partial charge in [-0.1, -0.05) is 69.9 Å². The number of rotatable bonds is 3. The standard InChI is InChI=1S/C23H33N3S/c1-23(2)20(25-16-10-5-11-17-25)21(24-18-12-6-3-7-13-18)26(22(23)27)19-14-8-4-9-15-19/h4,8-9,14-15,18,20H,3,5-7,10-13,16-17H2,1-2H3/t20-/m0/s1. The summed E-state index contributed by atoms with van der Waals surface area (Å²) in [7, 11) is 0. The number of anilines is 1. The topological polar surface area (TPSA) is 18.8 Å².